The van der Waals surface area contributed by atoms with Gasteiger partial charge in [0, 0.05) is 41.2 Å². The summed E-state index contributed by atoms with van der Waals surface area (Å²) in [6.45, 7) is 0.615. The molecule has 0 amide bonds. The largest absolute Gasteiger partial charge is 3.00 e. The van der Waals surface area contributed by atoms with Crippen LogP contribution in [-0.2, 0) is 14.2 Å². The summed E-state index contributed by atoms with van der Waals surface area (Å²) in [4.78, 5) is 0. The maximum Gasteiger partial charge on any atom is 3.00 e. The van der Waals surface area contributed by atoms with E-state index in [0.717, 1.165) is 0 Å². The summed E-state index contributed by atoms with van der Waals surface area (Å²) in [5.74, 6) is 0. The Labute approximate surface area is 125 Å². The third-order valence-corrected chi connectivity index (χ3v) is 0.862. The summed E-state index contributed by atoms with van der Waals surface area (Å²) in [6.07, 6.45) is 0. The zero-order valence-corrected chi connectivity index (χ0v) is 13.9. The Bertz CT molecular complexity index is 56.8. The molecule has 0 aliphatic rings. The maximum atomic E-state index is 9.40. The van der Waals surface area contributed by atoms with Gasteiger partial charge in [-0.25, -0.2) is 0 Å². The fourth-order valence-corrected chi connectivity index (χ4v) is 0.250. The van der Waals surface area contributed by atoms with Crippen LogP contribution < -0.4 is 15.3 Å². The molecule has 0 aliphatic carbocycles. The number of methoxy groups -OCH3 is 3. The summed E-state index contributed by atoms with van der Waals surface area (Å²) in [6, 6.07) is 0. The molecule has 96 valence electrons. The van der Waals surface area contributed by atoms with Gasteiger partial charge in [0.25, 0.3) is 0 Å². The second-order valence-corrected chi connectivity index (χ2v) is 2.09. The van der Waals surface area contributed by atoms with Crippen LogP contribution >= 0.6 is 0 Å². The summed E-state index contributed by atoms with van der Waals surface area (Å²) in [5, 5.41) is 28.2. The van der Waals surface area contributed by atoms with Crippen LogP contribution in [0.2, 0.25) is 0 Å². The molecule has 0 aromatic carbocycles. The van der Waals surface area contributed by atoms with Gasteiger partial charge in [0.2, 0.25) is 0 Å². The van der Waals surface area contributed by atoms with Crippen molar-refractivity contribution >= 4 is 0 Å². The van der Waals surface area contributed by atoms with Crippen LogP contribution in [0.4, 0.5) is 0 Å². The van der Waals surface area contributed by atoms with E-state index in [4.69, 9.17) is 0 Å². The molecule has 0 fully saturated rings. The minimum atomic E-state index is -0.128. The van der Waals surface area contributed by atoms with E-state index in [9.17, 15) is 15.3 Å². The minimum absolute atomic E-state index is 0. The molecule has 0 saturated carbocycles. The Morgan fingerprint density at radius 2 is 0.812 bits per heavy atom. The van der Waals surface area contributed by atoms with Crippen LogP contribution in [0.25, 0.3) is 0 Å². The van der Waals surface area contributed by atoms with Crippen LogP contribution in [-0.4, -0.2) is 61.0 Å². The topological polar surface area (TPSA) is 96.9 Å². The van der Waals surface area contributed by atoms with E-state index in [0.29, 0.717) is 19.8 Å². The summed E-state index contributed by atoms with van der Waals surface area (Å²) in [5.41, 5.74) is 0. The molecule has 0 heterocycles. The first-order valence-corrected chi connectivity index (χ1v) is 4.46. The van der Waals surface area contributed by atoms with Crippen molar-refractivity contribution in [1.82, 2.24) is 0 Å². The van der Waals surface area contributed by atoms with Crippen molar-refractivity contribution in [3.63, 3.8) is 0 Å². The van der Waals surface area contributed by atoms with Gasteiger partial charge >= 0.3 is 35.6 Å². The molecular formula is C9H21LaO6. The second-order valence-electron chi connectivity index (χ2n) is 2.09. The molecular weight excluding hydrogens is 343 g/mol. The van der Waals surface area contributed by atoms with Crippen molar-refractivity contribution in [3.05, 3.63) is 0 Å². The standard InChI is InChI=1S/3C3H7O2.La/c3*1-5-3-2-4;/h3*2-3H2,1H3;/q3*-1;+3. The van der Waals surface area contributed by atoms with Gasteiger partial charge in [-0.2, -0.15) is 0 Å². The van der Waals surface area contributed by atoms with E-state index in [1.165, 1.54) is 21.3 Å². The Morgan fingerprint density at radius 1 is 0.625 bits per heavy atom. The Hall–Kier alpha value is 0.955. The fourth-order valence-electron chi connectivity index (χ4n) is 0.250. The van der Waals surface area contributed by atoms with E-state index in [2.05, 4.69) is 14.2 Å². The van der Waals surface area contributed by atoms with E-state index >= 15 is 0 Å². The molecule has 0 bridgehead atoms. The van der Waals surface area contributed by atoms with Crippen molar-refractivity contribution in [1.29, 1.82) is 0 Å². The van der Waals surface area contributed by atoms with E-state index < -0.39 is 0 Å². The molecule has 7 heteroatoms. The van der Waals surface area contributed by atoms with Gasteiger partial charge in [0.15, 0.2) is 0 Å². The molecule has 0 rings (SSSR count). The molecule has 0 N–H and O–H groups in total. The predicted octanol–water partition coefficient (Wildman–Crippen LogP) is -3.02. The zero-order chi connectivity index (χ0) is 12.4. The SMILES string of the molecule is COCC[O-].COCC[O-].COCC[O-].[La+3]. The summed E-state index contributed by atoms with van der Waals surface area (Å²) < 4.78 is 13.1. The third-order valence-electron chi connectivity index (χ3n) is 0.862. The van der Waals surface area contributed by atoms with E-state index in [1.54, 1.807) is 0 Å². The summed E-state index contributed by atoms with van der Waals surface area (Å²) >= 11 is 0. The maximum absolute atomic E-state index is 9.40. The Kier molecular flexibility index (Phi) is 57.9. The fraction of sp³-hybridized carbons (Fsp3) is 1.00. The average Bonchev–Trinajstić information content (AvgIpc) is 2.23. The van der Waals surface area contributed by atoms with Crippen molar-refractivity contribution in [3.8, 4) is 0 Å². The molecule has 0 unspecified atom stereocenters. The quantitative estimate of drug-likeness (QED) is 0.498. The van der Waals surface area contributed by atoms with Gasteiger partial charge in [0.1, 0.15) is 0 Å². The van der Waals surface area contributed by atoms with Gasteiger partial charge < -0.3 is 29.5 Å². The molecule has 0 aliphatic heterocycles. The van der Waals surface area contributed by atoms with Crippen molar-refractivity contribution in [2.24, 2.45) is 0 Å². The molecule has 0 radical (unpaired) electrons. The molecule has 6 nitrogen and oxygen atoms in total. The molecule has 0 spiro atoms. The van der Waals surface area contributed by atoms with Gasteiger partial charge in [-0.15, -0.1) is 19.8 Å². The first kappa shape index (κ1) is 25.7. The Balaban J connectivity index is -0.0000000655. The average molecular weight is 364 g/mol. The van der Waals surface area contributed by atoms with Crippen LogP contribution in [0.3, 0.4) is 0 Å². The number of ether oxygens (including phenoxy) is 3. The van der Waals surface area contributed by atoms with Crippen LogP contribution in [0, 0.1) is 35.6 Å². The van der Waals surface area contributed by atoms with Gasteiger partial charge in [0.05, 0.1) is 0 Å². The number of hydrogen-bond donors (Lipinski definition) is 0. The Morgan fingerprint density at radius 3 is 0.812 bits per heavy atom. The molecule has 0 saturated heterocycles. The van der Waals surface area contributed by atoms with Crippen molar-refractivity contribution in [2.45, 2.75) is 0 Å². The molecule has 0 aromatic rings. The molecule has 0 atom stereocenters. The van der Waals surface area contributed by atoms with E-state index in [1.807, 2.05) is 0 Å². The smallest absolute Gasteiger partial charge is 0.853 e. The van der Waals surface area contributed by atoms with Gasteiger partial charge in [-0.3, -0.25) is 0 Å². The van der Waals surface area contributed by atoms with E-state index in [-0.39, 0.29) is 55.4 Å². The van der Waals surface area contributed by atoms with Crippen LogP contribution in [0.1, 0.15) is 0 Å². The van der Waals surface area contributed by atoms with Crippen molar-refractivity contribution in [2.75, 3.05) is 61.0 Å². The van der Waals surface area contributed by atoms with Gasteiger partial charge in [-0.05, 0) is 0 Å². The molecule has 0 aromatic heterocycles. The predicted molar refractivity (Wildman–Crippen MR) is 50.2 cm³/mol. The number of hydrogen-bond acceptors (Lipinski definition) is 6. The first-order valence-electron chi connectivity index (χ1n) is 4.46. The summed E-state index contributed by atoms with van der Waals surface area (Å²) in [7, 11) is 4.54. The molecule has 16 heavy (non-hydrogen) atoms. The normalized spacial score (nSPS) is 7.88. The third kappa shape index (κ3) is 60.2. The minimum Gasteiger partial charge on any atom is -0.853 e. The first-order chi connectivity index (χ1) is 7.24. The second kappa shape index (κ2) is 36.0. The van der Waals surface area contributed by atoms with Crippen LogP contribution in [0.5, 0.6) is 0 Å². The van der Waals surface area contributed by atoms with Crippen molar-refractivity contribution < 1.29 is 65.1 Å². The van der Waals surface area contributed by atoms with Gasteiger partial charge in [-0.1, -0.05) is 0 Å². The zero-order valence-electron chi connectivity index (χ0n) is 10.3. The monoisotopic (exact) mass is 364 g/mol. The number of rotatable bonds is 6. The van der Waals surface area contributed by atoms with Crippen LogP contribution in [0.15, 0.2) is 0 Å².